The number of aromatic amines is 1. The van der Waals surface area contributed by atoms with Gasteiger partial charge in [0.15, 0.2) is 22.8 Å². The Labute approximate surface area is 194 Å². The molecular weight excluding hydrogens is 441 g/mol. The number of halogens is 1. The van der Waals surface area contributed by atoms with Crippen LogP contribution in [0.3, 0.4) is 0 Å². The van der Waals surface area contributed by atoms with E-state index in [1.807, 2.05) is 18.4 Å². The minimum absolute atomic E-state index is 0.0687. The molecule has 1 amide bonds. The molecule has 1 aromatic carbocycles. The lowest BCUT2D eigenvalue weighted by Crippen LogP contribution is -2.31. The van der Waals surface area contributed by atoms with E-state index in [0.29, 0.717) is 48.1 Å². The van der Waals surface area contributed by atoms with Gasteiger partial charge in [-0.2, -0.15) is 5.10 Å². The van der Waals surface area contributed by atoms with Gasteiger partial charge in [0.2, 0.25) is 5.91 Å². The maximum absolute atomic E-state index is 13.1. The fraction of sp³-hybridized carbons (Fsp3) is 0.348. The molecule has 178 valence electrons. The molecule has 3 aromatic heterocycles. The van der Waals surface area contributed by atoms with Gasteiger partial charge in [0.25, 0.3) is 5.56 Å². The van der Waals surface area contributed by atoms with Crippen molar-refractivity contribution >= 4 is 22.9 Å². The zero-order valence-corrected chi connectivity index (χ0v) is 19.3. The molecule has 0 atom stereocenters. The van der Waals surface area contributed by atoms with Gasteiger partial charge in [0.05, 0.1) is 6.42 Å². The van der Waals surface area contributed by atoms with E-state index < -0.39 is 11.2 Å². The second kappa shape index (κ2) is 9.46. The van der Waals surface area contributed by atoms with Gasteiger partial charge in [0.1, 0.15) is 11.5 Å². The summed E-state index contributed by atoms with van der Waals surface area (Å²) in [6.07, 6.45) is 1.54. The minimum Gasteiger partial charge on any atom is -0.309 e. The topological polar surface area (TPSA) is 120 Å². The number of aromatic nitrogens is 6. The molecule has 0 saturated carbocycles. The number of nitrogens with one attached hydrogen (secondary N) is 2. The monoisotopic (exact) mass is 467 g/mol. The van der Waals surface area contributed by atoms with E-state index in [0.717, 1.165) is 6.42 Å². The van der Waals surface area contributed by atoms with Crippen molar-refractivity contribution < 1.29 is 9.18 Å². The molecule has 34 heavy (non-hydrogen) atoms. The molecule has 2 N–H and O–H groups in total. The third kappa shape index (κ3) is 4.41. The molecule has 0 spiro atoms. The molecule has 0 unspecified atom stereocenters. The van der Waals surface area contributed by atoms with E-state index in [4.69, 9.17) is 0 Å². The highest BCUT2D eigenvalue weighted by molar-refractivity contribution is 5.92. The minimum atomic E-state index is -0.543. The Bertz CT molecular complexity index is 1460. The van der Waals surface area contributed by atoms with Crippen molar-refractivity contribution in [3.8, 4) is 11.5 Å². The molecule has 0 radical (unpaired) electrons. The Hall–Kier alpha value is -4.02. The van der Waals surface area contributed by atoms with Crippen LogP contribution < -0.4 is 16.6 Å². The molecule has 11 heteroatoms. The standard InChI is InChI=1S/C23H26FN7O3/c1-4-10-30-20(26-19-21(33)27-23(34)31(11-5-2)22(19)30)16-13-17(28-29(16)3)25-18(32)12-14-6-8-15(24)9-7-14/h6-9,13H,4-5,10-12H2,1-3H3,(H,25,28,32)(H,27,33,34). The van der Waals surface area contributed by atoms with Crippen LogP contribution in [0.2, 0.25) is 0 Å². The fourth-order valence-corrected chi connectivity index (χ4v) is 3.96. The molecule has 3 heterocycles. The van der Waals surface area contributed by atoms with Crippen molar-refractivity contribution in [2.24, 2.45) is 7.05 Å². The number of imidazole rings is 1. The van der Waals surface area contributed by atoms with Crippen molar-refractivity contribution in [2.45, 2.75) is 46.2 Å². The number of hydrogen-bond donors (Lipinski definition) is 2. The first-order valence-electron chi connectivity index (χ1n) is 11.1. The number of fused-ring (bicyclic) bond motifs is 1. The van der Waals surface area contributed by atoms with Crippen molar-refractivity contribution in [3.63, 3.8) is 0 Å². The molecule has 0 aliphatic rings. The predicted molar refractivity (Wildman–Crippen MR) is 126 cm³/mol. The number of rotatable bonds is 8. The Kier molecular flexibility index (Phi) is 6.44. The number of amides is 1. The van der Waals surface area contributed by atoms with Gasteiger partial charge in [-0.05, 0) is 30.5 Å². The van der Waals surface area contributed by atoms with Crippen LogP contribution in [-0.4, -0.2) is 34.8 Å². The lowest BCUT2D eigenvalue weighted by Gasteiger charge is -2.11. The zero-order valence-electron chi connectivity index (χ0n) is 19.3. The number of benzene rings is 1. The summed E-state index contributed by atoms with van der Waals surface area (Å²) < 4.78 is 18.0. The third-order valence-electron chi connectivity index (χ3n) is 5.43. The highest BCUT2D eigenvalue weighted by Gasteiger charge is 2.22. The van der Waals surface area contributed by atoms with Crippen LogP contribution in [0.5, 0.6) is 0 Å². The molecule has 0 bridgehead atoms. The lowest BCUT2D eigenvalue weighted by molar-refractivity contribution is -0.115. The summed E-state index contributed by atoms with van der Waals surface area (Å²) in [6.45, 7) is 4.93. The zero-order chi connectivity index (χ0) is 24.4. The third-order valence-corrected chi connectivity index (χ3v) is 5.43. The molecule has 4 aromatic rings. The maximum atomic E-state index is 13.1. The molecule has 10 nitrogen and oxygen atoms in total. The number of anilines is 1. The highest BCUT2D eigenvalue weighted by Crippen LogP contribution is 2.25. The van der Waals surface area contributed by atoms with Gasteiger partial charge in [-0.1, -0.05) is 26.0 Å². The summed E-state index contributed by atoms with van der Waals surface area (Å²) in [5.41, 5.74) is 0.889. The van der Waals surface area contributed by atoms with Crippen molar-refractivity contribution in [2.75, 3.05) is 5.32 Å². The van der Waals surface area contributed by atoms with E-state index >= 15 is 0 Å². The van der Waals surface area contributed by atoms with Crippen LogP contribution in [0, 0.1) is 5.82 Å². The molecule has 4 rings (SSSR count). The van der Waals surface area contributed by atoms with E-state index in [9.17, 15) is 18.8 Å². The highest BCUT2D eigenvalue weighted by atomic mass is 19.1. The number of hydrogen-bond acceptors (Lipinski definition) is 5. The summed E-state index contributed by atoms with van der Waals surface area (Å²) in [5, 5.41) is 7.12. The number of nitrogens with zero attached hydrogens (tertiary/aromatic N) is 5. The molecule has 0 fully saturated rings. The first-order chi connectivity index (χ1) is 16.3. The van der Waals surface area contributed by atoms with Gasteiger partial charge < -0.3 is 9.88 Å². The number of H-pyrrole nitrogens is 1. The van der Waals surface area contributed by atoms with Crippen LogP contribution in [-0.2, 0) is 31.4 Å². The van der Waals surface area contributed by atoms with Gasteiger partial charge in [-0.25, -0.2) is 14.2 Å². The van der Waals surface area contributed by atoms with E-state index in [1.165, 1.54) is 16.7 Å². The van der Waals surface area contributed by atoms with Crippen LogP contribution in [0.15, 0.2) is 39.9 Å². The summed E-state index contributed by atoms with van der Waals surface area (Å²) in [5.74, 6) is 0.134. The largest absolute Gasteiger partial charge is 0.330 e. The van der Waals surface area contributed by atoms with Gasteiger partial charge >= 0.3 is 5.69 Å². The van der Waals surface area contributed by atoms with Crippen LogP contribution in [0.4, 0.5) is 10.2 Å². The Morgan fingerprint density at radius 2 is 1.76 bits per heavy atom. The quantitative estimate of drug-likeness (QED) is 0.412. The number of carbonyl (C=O) groups excluding carboxylic acids is 1. The van der Waals surface area contributed by atoms with Gasteiger partial charge in [-0.15, -0.1) is 0 Å². The average Bonchev–Trinajstić information content (AvgIpc) is 3.33. The molecular formula is C23H26FN7O3. The van der Waals surface area contributed by atoms with Crippen LogP contribution in [0.25, 0.3) is 22.7 Å². The SMILES string of the molecule is CCCn1c(-c2cc(NC(=O)Cc3ccc(F)cc3)nn2C)nc2c(=O)[nH]c(=O)n(CCC)c21. The Morgan fingerprint density at radius 1 is 1.09 bits per heavy atom. The van der Waals surface area contributed by atoms with Crippen molar-refractivity contribution in [1.82, 2.24) is 28.9 Å². The molecule has 0 aliphatic heterocycles. The van der Waals surface area contributed by atoms with E-state index in [1.54, 1.807) is 29.9 Å². The number of aryl methyl sites for hydroxylation is 3. The second-order valence-electron chi connectivity index (χ2n) is 8.06. The first kappa shape index (κ1) is 23.1. The van der Waals surface area contributed by atoms with E-state index in [2.05, 4.69) is 20.4 Å². The van der Waals surface area contributed by atoms with Gasteiger partial charge in [0, 0.05) is 26.2 Å². The predicted octanol–water partition coefficient (Wildman–Crippen LogP) is 2.43. The maximum Gasteiger partial charge on any atom is 0.330 e. The first-order valence-corrected chi connectivity index (χ1v) is 11.1. The smallest absolute Gasteiger partial charge is 0.309 e. The van der Waals surface area contributed by atoms with Gasteiger partial charge in [-0.3, -0.25) is 23.8 Å². The summed E-state index contributed by atoms with van der Waals surface area (Å²) in [4.78, 5) is 44.4. The summed E-state index contributed by atoms with van der Waals surface area (Å²) in [6, 6.07) is 7.39. The Balaban J connectivity index is 1.73. The normalized spacial score (nSPS) is 11.3. The molecule has 0 aliphatic carbocycles. The summed E-state index contributed by atoms with van der Waals surface area (Å²) in [7, 11) is 1.71. The average molecular weight is 468 g/mol. The fourth-order valence-electron chi connectivity index (χ4n) is 3.96. The summed E-state index contributed by atoms with van der Waals surface area (Å²) >= 11 is 0. The van der Waals surface area contributed by atoms with Crippen molar-refractivity contribution in [1.29, 1.82) is 0 Å². The number of carbonyl (C=O) groups is 1. The van der Waals surface area contributed by atoms with Crippen molar-refractivity contribution in [3.05, 3.63) is 62.6 Å². The molecule has 0 saturated heterocycles. The lowest BCUT2D eigenvalue weighted by atomic mass is 10.1. The van der Waals surface area contributed by atoms with E-state index in [-0.39, 0.29) is 23.7 Å². The second-order valence-corrected chi connectivity index (χ2v) is 8.06. The van der Waals surface area contributed by atoms with Crippen LogP contribution >= 0.6 is 0 Å². The Morgan fingerprint density at radius 3 is 2.44 bits per heavy atom. The van der Waals surface area contributed by atoms with Crippen LogP contribution in [0.1, 0.15) is 32.3 Å².